The second-order valence-electron chi connectivity index (χ2n) is 7.61. The van der Waals surface area contributed by atoms with Crippen LogP contribution >= 0.6 is 0 Å². The molecule has 1 nitrogen and oxygen atoms in total. The largest absolute Gasteiger partial charge is 0.307 e. The second kappa shape index (κ2) is 6.30. The summed E-state index contributed by atoms with van der Waals surface area (Å²) in [5, 5.41) is 3.93. The van der Waals surface area contributed by atoms with Gasteiger partial charge in [-0.25, -0.2) is 0 Å². The summed E-state index contributed by atoms with van der Waals surface area (Å²) in [5.74, 6) is 0.794. The van der Waals surface area contributed by atoms with Gasteiger partial charge < -0.3 is 5.32 Å². The van der Waals surface area contributed by atoms with E-state index in [-0.39, 0.29) is 0 Å². The predicted octanol–water partition coefficient (Wildman–Crippen LogP) is 5.25. The minimum atomic E-state index is 0.406. The first kappa shape index (κ1) is 15.6. The molecule has 112 valence electrons. The summed E-state index contributed by atoms with van der Waals surface area (Å²) >= 11 is 0. The Morgan fingerprint density at radius 2 is 1.75 bits per heavy atom. The van der Waals surface area contributed by atoms with Crippen molar-refractivity contribution in [3.63, 3.8) is 0 Å². The van der Waals surface area contributed by atoms with Gasteiger partial charge in [-0.2, -0.15) is 0 Å². The average Bonchev–Trinajstić information content (AvgIpc) is 2.38. The molecular weight excluding hydrogens is 242 g/mol. The first-order chi connectivity index (χ1) is 9.39. The van der Waals surface area contributed by atoms with Crippen LogP contribution in [0.5, 0.6) is 0 Å². The normalized spacial score (nSPS) is 25.4. The Labute approximate surface area is 125 Å². The summed E-state index contributed by atoms with van der Waals surface area (Å²) in [7, 11) is 0. The molecule has 0 amide bonds. The van der Waals surface area contributed by atoms with E-state index in [1.165, 1.54) is 36.8 Å². The molecule has 1 heteroatoms. The smallest absolute Gasteiger partial charge is 0.0297 e. The Kier molecular flexibility index (Phi) is 4.90. The molecule has 1 aromatic rings. The molecule has 0 radical (unpaired) electrons. The van der Waals surface area contributed by atoms with E-state index in [4.69, 9.17) is 0 Å². The molecule has 2 unspecified atom stereocenters. The van der Waals surface area contributed by atoms with Crippen LogP contribution in [0.2, 0.25) is 0 Å². The van der Waals surface area contributed by atoms with Crippen molar-refractivity contribution in [2.75, 3.05) is 0 Å². The van der Waals surface area contributed by atoms with Gasteiger partial charge in [-0.3, -0.25) is 0 Å². The van der Waals surface area contributed by atoms with Crippen molar-refractivity contribution in [2.24, 2.45) is 11.3 Å². The zero-order chi connectivity index (χ0) is 14.8. The highest BCUT2D eigenvalue weighted by Crippen LogP contribution is 2.38. The van der Waals surface area contributed by atoms with Crippen LogP contribution in [0, 0.1) is 18.3 Å². The zero-order valence-electron chi connectivity index (χ0n) is 13.9. The zero-order valence-corrected chi connectivity index (χ0v) is 13.9. The number of aryl methyl sites for hydroxylation is 1. The molecule has 1 saturated carbocycles. The van der Waals surface area contributed by atoms with E-state index >= 15 is 0 Å². The predicted molar refractivity (Wildman–Crippen MR) is 87.9 cm³/mol. The quantitative estimate of drug-likeness (QED) is 0.793. The molecule has 1 aliphatic rings. The summed E-state index contributed by atoms with van der Waals surface area (Å²) < 4.78 is 0. The lowest BCUT2D eigenvalue weighted by atomic mass is 9.69. The van der Waals surface area contributed by atoms with Crippen LogP contribution in [0.3, 0.4) is 0 Å². The maximum Gasteiger partial charge on any atom is 0.0297 e. The lowest BCUT2D eigenvalue weighted by Gasteiger charge is -2.42. The van der Waals surface area contributed by atoms with Crippen LogP contribution in [-0.2, 0) is 0 Å². The molecule has 0 spiro atoms. The fourth-order valence-corrected chi connectivity index (χ4v) is 3.85. The van der Waals surface area contributed by atoms with E-state index < -0.39 is 0 Å². The Balaban J connectivity index is 2.09. The van der Waals surface area contributed by atoms with Gasteiger partial charge in [0.05, 0.1) is 0 Å². The molecule has 0 bridgehead atoms. The third kappa shape index (κ3) is 3.63. The molecule has 0 heterocycles. The fraction of sp³-hybridized carbons (Fsp3) is 0.684. The molecule has 2 rings (SSSR count). The van der Waals surface area contributed by atoms with E-state index in [2.05, 4.69) is 64.2 Å². The van der Waals surface area contributed by atoms with E-state index in [1.807, 2.05) is 0 Å². The van der Waals surface area contributed by atoms with E-state index in [1.54, 1.807) is 0 Å². The van der Waals surface area contributed by atoms with E-state index in [0.717, 1.165) is 5.92 Å². The van der Waals surface area contributed by atoms with Gasteiger partial charge in [0.15, 0.2) is 0 Å². The first-order valence-corrected chi connectivity index (χ1v) is 8.21. The lowest BCUT2D eigenvalue weighted by molar-refractivity contribution is 0.124. The summed E-state index contributed by atoms with van der Waals surface area (Å²) in [4.78, 5) is 0. The Hall–Kier alpha value is -0.820. The van der Waals surface area contributed by atoms with Gasteiger partial charge in [0.2, 0.25) is 0 Å². The molecule has 0 aliphatic heterocycles. The Morgan fingerprint density at radius 1 is 1.10 bits per heavy atom. The van der Waals surface area contributed by atoms with Crippen LogP contribution in [0.15, 0.2) is 24.3 Å². The highest BCUT2D eigenvalue weighted by atomic mass is 15.0. The number of hydrogen-bond donors (Lipinski definition) is 1. The molecule has 20 heavy (non-hydrogen) atoms. The van der Waals surface area contributed by atoms with Crippen molar-refractivity contribution >= 4 is 0 Å². The van der Waals surface area contributed by atoms with Crippen LogP contribution in [0.4, 0.5) is 0 Å². The maximum atomic E-state index is 3.93. The van der Waals surface area contributed by atoms with Gasteiger partial charge in [0.1, 0.15) is 0 Å². The van der Waals surface area contributed by atoms with Crippen molar-refractivity contribution in [2.45, 2.75) is 72.4 Å². The SMILES string of the molecule is Cc1ccccc1[C@H](C)NC1CCCCC1C(C)(C)C. The minimum Gasteiger partial charge on any atom is -0.307 e. The third-order valence-electron chi connectivity index (χ3n) is 5.00. The fourth-order valence-electron chi connectivity index (χ4n) is 3.85. The van der Waals surface area contributed by atoms with Crippen LogP contribution in [0.1, 0.15) is 70.5 Å². The van der Waals surface area contributed by atoms with Crippen LogP contribution in [-0.4, -0.2) is 6.04 Å². The van der Waals surface area contributed by atoms with Crippen molar-refractivity contribution in [1.82, 2.24) is 5.32 Å². The Bertz CT molecular complexity index is 430. The van der Waals surface area contributed by atoms with Gasteiger partial charge >= 0.3 is 0 Å². The minimum absolute atomic E-state index is 0.406. The van der Waals surface area contributed by atoms with Crippen molar-refractivity contribution in [3.05, 3.63) is 35.4 Å². The molecule has 0 saturated heterocycles. The van der Waals surface area contributed by atoms with Crippen LogP contribution in [0.25, 0.3) is 0 Å². The summed E-state index contributed by atoms with van der Waals surface area (Å²) in [6, 6.07) is 9.88. The molecular formula is C19H31N. The highest BCUT2D eigenvalue weighted by molar-refractivity contribution is 5.28. The number of nitrogens with one attached hydrogen (secondary N) is 1. The van der Waals surface area contributed by atoms with Crippen molar-refractivity contribution in [1.29, 1.82) is 0 Å². The van der Waals surface area contributed by atoms with Crippen molar-refractivity contribution in [3.8, 4) is 0 Å². The summed E-state index contributed by atoms with van der Waals surface area (Å²) in [6.45, 7) is 11.7. The summed E-state index contributed by atoms with van der Waals surface area (Å²) in [6.07, 6.45) is 5.49. The highest BCUT2D eigenvalue weighted by Gasteiger charge is 2.34. The number of benzene rings is 1. The lowest BCUT2D eigenvalue weighted by Crippen LogP contribution is -2.45. The van der Waals surface area contributed by atoms with Gasteiger partial charge in [-0.1, -0.05) is 57.9 Å². The molecule has 1 aromatic carbocycles. The Morgan fingerprint density at radius 3 is 2.40 bits per heavy atom. The van der Waals surface area contributed by atoms with Gasteiger partial charge in [0, 0.05) is 12.1 Å². The van der Waals surface area contributed by atoms with Gasteiger partial charge in [-0.15, -0.1) is 0 Å². The topological polar surface area (TPSA) is 12.0 Å². The second-order valence-corrected chi connectivity index (χ2v) is 7.61. The molecule has 0 aromatic heterocycles. The average molecular weight is 273 g/mol. The van der Waals surface area contributed by atoms with Crippen LogP contribution < -0.4 is 5.32 Å². The number of rotatable bonds is 3. The van der Waals surface area contributed by atoms with E-state index in [0.29, 0.717) is 17.5 Å². The van der Waals surface area contributed by atoms with E-state index in [9.17, 15) is 0 Å². The molecule has 1 aliphatic carbocycles. The monoisotopic (exact) mass is 273 g/mol. The summed E-state index contributed by atoms with van der Waals surface area (Å²) in [5.41, 5.74) is 3.25. The molecule has 1 N–H and O–H groups in total. The maximum absolute atomic E-state index is 3.93. The van der Waals surface area contributed by atoms with Gasteiger partial charge in [-0.05, 0) is 49.1 Å². The van der Waals surface area contributed by atoms with Gasteiger partial charge in [0.25, 0.3) is 0 Å². The third-order valence-corrected chi connectivity index (χ3v) is 5.00. The molecule has 1 fully saturated rings. The molecule has 3 atom stereocenters. The standard InChI is InChI=1S/C19H31N/c1-14-10-6-7-11-16(14)15(2)20-18-13-9-8-12-17(18)19(3,4)5/h6-7,10-11,15,17-18,20H,8-9,12-13H2,1-5H3/t15-,17?,18?/m0/s1. The van der Waals surface area contributed by atoms with Crippen molar-refractivity contribution < 1.29 is 0 Å². The first-order valence-electron chi connectivity index (χ1n) is 8.21. The number of hydrogen-bond acceptors (Lipinski definition) is 1.